The van der Waals surface area contributed by atoms with Gasteiger partial charge in [-0.1, -0.05) is 27.7 Å². The molecule has 1 N–H and O–H groups in total. The third kappa shape index (κ3) is 22.8. The van der Waals surface area contributed by atoms with Crippen LogP contribution in [0.1, 0.15) is 27.7 Å². The number of hydrogen-bond donors (Lipinski definition) is 0. The minimum atomic E-state index is -0.954. The van der Waals surface area contributed by atoms with Gasteiger partial charge in [0, 0.05) is 17.6 Å². The molecule has 0 saturated carbocycles. The van der Waals surface area contributed by atoms with Crippen molar-refractivity contribution >= 4 is 17.6 Å². The smallest absolute Gasteiger partial charge is 0 e. The van der Waals surface area contributed by atoms with Crippen molar-refractivity contribution in [2.24, 2.45) is 0 Å². The van der Waals surface area contributed by atoms with E-state index < -0.39 is 24.4 Å². The molecule has 5 nitrogen and oxygen atoms in total. The normalized spacial score (nSPS) is 17.1. The molecule has 0 fully saturated rings. The molecule has 0 aromatic carbocycles. The second-order valence-corrected chi connectivity index (χ2v) is 2.82. The van der Waals surface area contributed by atoms with E-state index in [0.29, 0.717) is 0 Å². The first kappa shape index (κ1) is 23.9. The third-order valence-electron chi connectivity index (χ3n) is 1.32. The van der Waals surface area contributed by atoms with Crippen molar-refractivity contribution in [2.45, 2.75) is 52.1 Å². The van der Waals surface area contributed by atoms with Gasteiger partial charge in [0.15, 0.2) is 0 Å². The van der Waals surface area contributed by atoms with Gasteiger partial charge in [0.25, 0.3) is 0 Å². The molecule has 14 heavy (non-hydrogen) atoms. The van der Waals surface area contributed by atoms with Gasteiger partial charge in [0.1, 0.15) is 0 Å². The molecule has 0 amide bonds. The van der Waals surface area contributed by atoms with Gasteiger partial charge < -0.3 is 25.9 Å². The number of hydrogen-bond acceptors (Lipinski definition) is 5. The molecule has 4 atom stereocenters. The summed E-state index contributed by atoms with van der Waals surface area (Å²) in [6, 6.07) is 0. The molecule has 0 spiro atoms. The van der Waals surface area contributed by atoms with Gasteiger partial charge in [-0.05, 0) is 0 Å². The number of rotatable bonds is 2. The van der Waals surface area contributed by atoms with Crippen LogP contribution in [0.15, 0.2) is 0 Å². The maximum atomic E-state index is 9.91. The molecule has 0 aliphatic carbocycles. The largest absolute Gasteiger partial charge is 0.870 e. The van der Waals surface area contributed by atoms with E-state index in [2.05, 4.69) is 0 Å². The molecule has 0 bridgehead atoms. The molecule has 0 saturated heterocycles. The molecule has 0 aromatic heterocycles. The standard InChI is InChI=1S/2C4H8O2.Ge.H2O/c2*1-3(5)4(2)6;;/h2*3-4H,1-2H3;;1H2/q2*-2;;/p-1. The van der Waals surface area contributed by atoms with Crippen molar-refractivity contribution in [2.75, 3.05) is 0 Å². The van der Waals surface area contributed by atoms with E-state index in [1.54, 1.807) is 0 Å². The summed E-state index contributed by atoms with van der Waals surface area (Å²) in [6.07, 6.45) is -3.81. The van der Waals surface area contributed by atoms with Gasteiger partial charge in [0.05, 0.1) is 0 Å². The van der Waals surface area contributed by atoms with Crippen LogP contribution in [0.3, 0.4) is 0 Å². The molecule has 0 heterocycles. The van der Waals surface area contributed by atoms with Gasteiger partial charge in [-0.2, -0.15) is 0 Å². The van der Waals surface area contributed by atoms with Crippen LogP contribution in [-0.4, -0.2) is 47.5 Å². The second kappa shape index (κ2) is 13.3. The summed E-state index contributed by atoms with van der Waals surface area (Å²) in [7, 11) is 0. The first-order chi connectivity index (χ1) is 5.29. The third-order valence-corrected chi connectivity index (χ3v) is 1.32. The monoisotopic (exact) mass is 267 g/mol. The average Bonchev–Trinajstić information content (AvgIpc) is 1.88. The van der Waals surface area contributed by atoms with Crippen molar-refractivity contribution in [1.29, 1.82) is 0 Å². The fraction of sp³-hybridized carbons (Fsp3) is 1.00. The zero-order valence-corrected chi connectivity index (χ0v) is 11.0. The van der Waals surface area contributed by atoms with Crippen LogP contribution >= 0.6 is 0 Å². The molecule has 0 aliphatic heterocycles. The van der Waals surface area contributed by atoms with Gasteiger partial charge in [-0.25, -0.2) is 0 Å². The molecule has 0 aliphatic rings. The van der Waals surface area contributed by atoms with Crippen LogP contribution < -0.4 is 20.4 Å². The first-order valence-corrected chi connectivity index (χ1v) is 3.92. The Balaban J connectivity index is -0.0000000625. The summed E-state index contributed by atoms with van der Waals surface area (Å²) in [5.74, 6) is 0. The zero-order chi connectivity index (χ0) is 10.3. The molecular weight excluding hydrogens is 249 g/mol. The molecule has 0 aromatic rings. The van der Waals surface area contributed by atoms with Gasteiger partial charge in [0.2, 0.25) is 0 Å². The summed E-state index contributed by atoms with van der Waals surface area (Å²) in [5.41, 5.74) is 0. The summed E-state index contributed by atoms with van der Waals surface area (Å²) >= 11 is 0. The Bertz CT molecular complexity index is 71.7. The maximum Gasteiger partial charge on any atom is 0 e. The summed E-state index contributed by atoms with van der Waals surface area (Å²) in [4.78, 5) is 0. The Kier molecular flexibility index (Phi) is 22.7. The van der Waals surface area contributed by atoms with Gasteiger partial charge in [-0.15, -0.1) is 24.4 Å². The maximum absolute atomic E-state index is 9.91. The Morgan fingerprint density at radius 3 is 0.643 bits per heavy atom. The van der Waals surface area contributed by atoms with Crippen molar-refractivity contribution < 1.29 is 25.9 Å². The minimum absolute atomic E-state index is 0. The van der Waals surface area contributed by atoms with E-state index in [1.807, 2.05) is 0 Å². The van der Waals surface area contributed by atoms with Crippen LogP contribution in [0.5, 0.6) is 0 Å². The Morgan fingerprint density at radius 1 is 0.571 bits per heavy atom. The van der Waals surface area contributed by atoms with E-state index in [1.165, 1.54) is 27.7 Å². The Hall–Kier alpha value is 0.343. The molecule has 4 unspecified atom stereocenters. The quantitative estimate of drug-likeness (QED) is 0.478. The molecule has 88 valence electrons. The SMILES string of the molecule is CC([O-])C(C)[O-].CC([O-])C(C)[O-].[Ge].[OH-]. The van der Waals surface area contributed by atoms with E-state index in [0.717, 1.165) is 0 Å². The van der Waals surface area contributed by atoms with E-state index in [4.69, 9.17) is 0 Å². The predicted octanol–water partition coefficient (Wildman–Crippen LogP) is -3.59. The van der Waals surface area contributed by atoms with Crippen LogP contribution in [-0.2, 0) is 0 Å². The summed E-state index contributed by atoms with van der Waals surface area (Å²) in [6.45, 7) is 5.49. The van der Waals surface area contributed by atoms with Gasteiger partial charge >= 0.3 is 0 Å². The predicted molar refractivity (Wildman–Crippen MR) is 45.5 cm³/mol. The van der Waals surface area contributed by atoms with E-state index >= 15 is 0 Å². The zero-order valence-electron chi connectivity index (χ0n) is 8.89. The molecular formula is C8H17GeO5-5. The first-order valence-electron chi connectivity index (χ1n) is 3.92. The topological polar surface area (TPSA) is 122 Å². The molecule has 4 radical (unpaired) electrons. The fourth-order valence-electron chi connectivity index (χ4n) is 0. The summed E-state index contributed by atoms with van der Waals surface area (Å²) in [5, 5.41) is 39.7. The van der Waals surface area contributed by atoms with E-state index in [-0.39, 0.29) is 23.1 Å². The molecule has 0 rings (SSSR count). The minimum Gasteiger partial charge on any atom is -0.870 e. The second-order valence-electron chi connectivity index (χ2n) is 2.82. The van der Waals surface area contributed by atoms with Crippen LogP contribution in [0.25, 0.3) is 0 Å². The fourth-order valence-corrected chi connectivity index (χ4v) is 0. The molecule has 6 heteroatoms. The van der Waals surface area contributed by atoms with Crippen molar-refractivity contribution in [3.05, 3.63) is 0 Å². The van der Waals surface area contributed by atoms with Crippen LogP contribution in [0, 0.1) is 0 Å². The van der Waals surface area contributed by atoms with Crippen molar-refractivity contribution in [1.82, 2.24) is 0 Å². The van der Waals surface area contributed by atoms with Crippen molar-refractivity contribution in [3.8, 4) is 0 Å². The van der Waals surface area contributed by atoms with E-state index in [9.17, 15) is 20.4 Å². The Morgan fingerprint density at radius 2 is 0.643 bits per heavy atom. The van der Waals surface area contributed by atoms with Crippen LogP contribution in [0.4, 0.5) is 0 Å². The summed E-state index contributed by atoms with van der Waals surface area (Å²) < 4.78 is 0. The average molecular weight is 266 g/mol. The Labute approximate surface area is 96.1 Å². The van der Waals surface area contributed by atoms with Crippen molar-refractivity contribution in [3.63, 3.8) is 0 Å². The van der Waals surface area contributed by atoms with Crippen LogP contribution in [0.2, 0.25) is 0 Å². The van der Waals surface area contributed by atoms with Gasteiger partial charge in [-0.3, -0.25) is 0 Å².